The van der Waals surface area contributed by atoms with Gasteiger partial charge in [-0.3, -0.25) is 14.4 Å². The molecule has 2 atom stereocenters. The van der Waals surface area contributed by atoms with Crippen molar-refractivity contribution in [3.05, 3.63) is 34.2 Å². The Hall–Kier alpha value is -2.64. The number of nitrogens with one attached hydrogen (secondary N) is 1. The predicted octanol–water partition coefficient (Wildman–Crippen LogP) is -0.0573. The molecule has 0 aliphatic heterocycles. The van der Waals surface area contributed by atoms with E-state index >= 15 is 0 Å². The van der Waals surface area contributed by atoms with Crippen molar-refractivity contribution in [2.45, 2.75) is 45.2 Å². The molecule has 0 spiro atoms. The molecular formula is C15H21N3O5. The molecule has 0 aromatic carbocycles. The van der Waals surface area contributed by atoms with Gasteiger partial charge in [-0.2, -0.15) is 0 Å². The lowest BCUT2D eigenvalue weighted by Crippen LogP contribution is -2.47. The number of carboxylic acids is 1. The Morgan fingerprint density at radius 2 is 2.04 bits per heavy atom. The van der Waals surface area contributed by atoms with Crippen LogP contribution in [0, 0.1) is 6.92 Å². The maximum absolute atomic E-state index is 12.4. The van der Waals surface area contributed by atoms with E-state index in [1.807, 2.05) is 6.92 Å². The van der Waals surface area contributed by atoms with Crippen LogP contribution in [0.3, 0.4) is 0 Å². The van der Waals surface area contributed by atoms with Gasteiger partial charge in [-0.05, 0) is 19.4 Å². The topological polar surface area (TPSA) is 131 Å². The van der Waals surface area contributed by atoms with Crippen LogP contribution in [-0.4, -0.2) is 33.5 Å². The molecule has 2 unspecified atom stereocenters. The van der Waals surface area contributed by atoms with Crippen LogP contribution < -0.4 is 16.6 Å². The van der Waals surface area contributed by atoms with Gasteiger partial charge in [-0.25, -0.2) is 4.79 Å². The first-order chi connectivity index (χ1) is 10.8. The molecule has 0 radical (unpaired) electrons. The maximum atomic E-state index is 12.4. The standard InChI is InChI=1S/C15H21N3O5/c1-3-5-11(18-7-4-6-9(2)14(18)21)13(20)17-10(15(22)23)8-12(16)19/h4,6-7,10-11H,3,5,8H2,1-2H3,(H2,16,19)(H,17,20)(H,22,23). The van der Waals surface area contributed by atoms with E-state index < -0.39 is 36.3 Å². The summed E-state index contributed by atoms with van der Waals surface area (Å²) in [5, 5.41) is 11.3. The third-order valence-corrected chi connectivity index (χ3v) is 3.39. The highest BCUT2D eigenvalue weighted by Gasteiger charge is 2.27. The zero-order valence-corrected chi connectivity index (χ0v) is 13.1. The molecular weight excluding hydrogens is 302 g/mol. The minimum atomic E-state index is -1.42. The van der Waals surface area contributed by atoms with Crippen LogP contribution in [0.25, 0.3) is 0 Å². The molecule has 0 aliphatic rings. The van der Waals surface area contributed by atoms with Crippen LogP contribution in [0.5, 0.6) is 0 Å². The summed E-state index contributed by atoms with van der Waals surface area (Å²) in [6, 6.07) is 1.01. The number of carbonyl (C=O) groups is 3. The Balaban J connectivity index is 3.07. The van der Waals surface area contributed by atoms with Gasteiger partial charge >= 0.3 is 5.97 Å². The van der Waals surface area contributed by atoms with Crippen LogP contribution in [0.4, 0.5) is 0 Å². The van der Waals surface area contributed by atoms with E-state index in [9.17, 15) is 19.2 Å². The third kappa shape index (κ3) is 4.94. The highest BCUT2D eigenvalue weighted by Crippen LogP contribution is 2.13. The Kier molecular flexibility index (Phi) is 6.49. The summed E-state index contributed by atoms with van der Waals surface area (Å²) in [5.41, 5.74) is 5.15. The molecule has 0 bridgehead atoms. The summed E-state index contributed by atoms with van der Waals surface area (Å²) in [6.07, 6.45) is 1.95. The Morgan fingerprint density at radius 1 is 1.39 bits per heavy atom. The van der Waals surface area contributed by atoms with Gasteiger partial charge in [-0.15, -0.1) is 0 Å². The molecule has 23 heavy (non-hydrogen) atoms. The van der Waals surface area contributed by atoms with E-state index in [2.05, 4.69) is 5.32 Å². The van der Waals surface area contributed by atoms with Crippen molar-refractivity contribution < 1.29 is 19.5 Å². The monoisotopic (exact) mass is 323 g/mol. The number of hydrogen-bond donors (Lipinski definition) is 3. The molecule has 2 amide bonds. The van der Waals surface area contributed by atoms with Gasteiger partial charge in [0.05, 0.1) is 6.42 Å². The number of aryl methyl sites for hydroxylation is 1. The summed E-state index contributed by atoms with van der Waals surface area (Å²) in [5.74, 6) is -2.82. The molecule has 0 aliphatic carbocycles. The van der Waals surface area contributed by atoms with E-state index in [4.69, 9.17) is 10.8 Å². The van der Waals surface area contributed by atoms with Crippen molar-refractivity contribution in [1.29, 1.82) is 0 Å². The number of nitrogens with two attached hydrogens (primary N) is 1. The lowest BCUT2D eigenvalue weighted by molar-refractivity contribution is -0.143. The number of hydrogen-bond acceptors (Lipinski definition) is 4. The van der Waals surface area contributed by atoms with Gasteiger partial charge in [0.15, 0.2) is 0 Å². The normalized spacial score (nSPS) is 13.1. The zero-order chi connectivity index (χ0) is 17.6. The minimum Gasteiger partial charge on any atom is -0.480 e. The Bertz CT molecular complexity index is 653. The van der Waals surface area contributed by atoms with Crippen molar-refractivity contribution in [3.63, 3.8) is 0 Å². The first-order valence-electron chi connectivity index (χ1n) is 7.27. The molecule has 0 saturated heterocycles. The largest absolute Gasteiger partial charge is 0.480 e. The Morgan fingerprint density at radius 3 is 2.57 bits per heavy atom. The average molecular weight is 323 g/mol. The predicted molar refractivity (Wildman–Crippen MR) is 82.8 cm³/mol. The van der Waals surface area contributed by atoms with Gasteiger partial charge in [0.25, 0.3) is 5.56 Å². The molecule has 4 N–H and O–H groups in total. The van der Waals surface area contributed by atoms with Crippen LogP contribution in [0.15, 0.2) is 23.1 Å². The van der Waals surface area contributed by atoms with E-state index in [1.54, 1.807) is 19.1 Å². The highest BCUT2D eigenvalue weighted by atomic mass is 16.4. The van der Waals surface area contributed by atoms with Gasteiger partial charge in [-0.1, -0.05) is 19.4 Å². The molecule has 8 nitrogen and oxygen atoms in total. The number of nitrogens with zero attached hydrogens (tertiary/aromatic N) is 1. The number of carboxylic acid groups (broad SMARTS) is 1. The second kappa shape index (κ2) is 8.11. The Labute approximate surface area is 133 Å². The fourth-order valence-electron chi connectivity index (χ4n) is 2.21. The van der Waals surface area contributed by atoms with Crippen LogP contribution in [-0.2, 0) is 14.4 Å². The number of rotatable bonds is 8. The lowest BCUT2D eigenvalue weighted by Gasteiger charge is -2.21. The maximum Gasteiger partial charge on any atom is 0.326 e. The average Bonchev–Trinajstić information content (AvgIpc) is 2.46. The number of carbonyl (C=O) groups excluding carboxylic acids is 2. The first kappa shape index (κ1) is 18.4. The number of aliphatic carboxylic acids is 1. The quantitative estimate of drug-likeness (QED) is 0.617. The molecule has 1 rings (SSSR count). The SMILES string of the molecule is CCCC(C(=O)NC(CC(N)=O)C(=O)O)n1cccc(C)c1=O. The third-order valence-electron chi connectivity index (χ3n) is 3.39. The van der Waals surface area contributed by atoms with Crippen molar-refractivity contribution in [2.75, 3.05) is 0 Å². The fraction of sp³-hybridized carbons (Fsp3) is 0.467. The molecule has 1 heterocycles. The second-order valence-electron chi connectivity index (χ2n) is 5.28. The summed E-state index contributed by atoms with van der Waals surface area (Å²) in [7, 11) is 0. The minimum absolute atomic E-state index is 0.317. The van der Waals surface area contributed by atoms with E-state index in [1.165, 1.54) is 10.8 Å². The summed E-state index contributed by atoms with van der Waals surface area (Å²) >= 11 is 0. The fourth-order valence-corrected chi connectivity index (χ4v) is 2.21. The molecule has 0 saturated carbocycles. The summed E-state index contributed by atoms with van der Waals surface area (Å²) in [6.45, 7) is 3.48. The molecule has 0 fully saturated rings. The smallest absolute Gasteiger partial charge is 0.326 e. The molecule has 126 valence electrons. The number of primary amides is 1. The first-order valence-corrected chi connectivity index (χ1v) is 7.27. The molecule has 8 heteroatoms. The van der Waals surface area contributed by atoms with Crippen LogP contribution >= 0.6 is 0 Å². The van der Waals surface area contributed by atoms with Gasteiger partial charge in [0.2, 0.25) is 11.8 Å². The van der Waals surface area contributed by atoms with Crippen molar-refractivity contribution >= 4 is 17.8 Å². The number of amides is 2. The summed E-state index contributed by atoms with van der Waals surface area (Å²) in [4.78, 5) is 46.6. The summed E-state index contributed by atoms with van der Waals surface area (Å²) < 4.78 is 1.28. The van der Waals surface area contributed by atoms with Crippen molar-refractivity contribution in [1.82, 2.24) is 9.88 Å². The number of pyridine rings is 1. The lowest BCUT2D eigenvalue weighted by atomic mass is 10.1. The zero-order valence-electron chi connectivity index (χ0n) is 13.1. The van der Waals surface area contributed by atoms with Gasteiger partial charge < -0.3 is 20.7 Å². The van der Waals surface area contributed by atoms with Gasteiger partial charge in [0, 0.05) is 11.8 Å². The molecule has 1 aromatic rings. The number of aromatic nitrogens is 1. The molecule has 1 aromatic heterocycles. The van der Waals surface area contributed by atoms with Crippen molar-refractivity contribution in [3.8, 4) is 0 Å². The van der Waals surface area contributed by atoms with E-state index in [0.717, 1.165) is 0 Å². The van der Waals surface area contributed by atoms with Crippen LogP contribution in [0.2, 0.25) is 0 Å². The van der Waals surface area contributed by atoms with E-state index in [0.29, 0.717) is 18.4 Å². The van der Waals surface area contributed by atoms with Gasteiger partial charge in [0.1, 0.15) is 12.1 Å². The highest BCUT2D eigenvalue weighted by molar-refractivity contribution is 5.89. The van der Waals surface area contributed by atoms with E-state index in [-0.39, 0.29) is 5.56 Å². The van der Waals surface area contributed by atoms with Crippen LogP contribution in [0.1, 0.15) is 37.8 Å². The second-order valence-corrected chi connectivity index (χ2v) is 5.28. The van der Waals surface area contributed by atoms with Crippen molar-refractivity contribution in [2.24, 2.45) is 5.73 Å².